The van der Waals surface area contributed by atoms with Crippen LogP contribution in [0.3, 0.4) is 0 Å². The standard InChI is InChI=1S/C22H15Cl2N5S2/c23-15-8-6-14(7-9-15)19-26-20(28-21(30)25-17-4-2-1-3-5-17)29(22(31)27-19)18-12-10-16(24)11-13-18/h1-13H,(H2,25,26,27,28,30,31). The van der Waals surface area contributed by atoms with Crippen LogP contribution in [0.25, 0.3) is 17.1 Å². The van der Waals surface area contributed by atoms with E-state index in [0.717, 1.165) is 16.9 Å². The van der Waals surface area contributed by atoms with Gasteiger partial charge in [0.05, 0.1) is 5.69 Å². The Morgan fingerprint density at radius 2 is 1.39 bits per heavy atom. The Hall–Kier alpha value is -2.84. The van der Waals surface area contributed by atoms with Gasteiger partial charge in [-0.3, -0.25) is 4.57 Å². The molecule has 1 heterocycles. The smallest absolute Gasteiger partial charge is 0.218 e. The Bertz CT molecular complexity index is 1270. The van der Waals surface area contributed by atoms with Crippen LogP contribution in [0.2, 0.25) is 10.0 Å². The highest BCUT2D eigenvalue weighted by Crippen LogP contribution is 2.23. The van der Waals surface area contributed by atoms with Gasteiger partial charge in [0.25, 0.3) is 0 Å². The van der Waals surface area contributed by atoms with E-state index in [2.05, 4.69) is 20.6 Å². The lowest BCUT2D eigenvalue weighted by Gasteiger charge is -2.17. The fraction of sp³-hybridized carbons (Fsp3) is 0. The van der Waals surface area contributed by atoms with Crippen LogP contribution in [0.4, 0.5) is 11.6 Å². The van der Waals surface area contributed by atoms with Gasteiger partial charge in [-0.05, 0) is 85.1 Å². The summed E-state index contributed by atoms with van der Waals surface area (Å²) in [6, 6.07) is 24.0. The quantitative estimate of drug-likeness (QED) is 0.312. The van der Waals surface area contributed by atoms with Crippen molar-refractivity contribution in [2.24, 2.45) is 0 Å². The van der Waals surface area contributed by atoms with Crippen molar-refractivity contribution in [3.63, 3.8) is 0 Å². The Labute approximate surface area is 199 Å². The summed E-state index contributed by atoms with van der Waals surface area (Å²) in [7, 11) is 0. The fourth-order valence-corrected chi connectivity index (χ4v) is 3.57. The number of para-hydroxylation sites is 1. The van der Waals surface area contributed by atoms with Crippen LogP contribution >= 0.6 is 47.6 Å². The van der Waals surface area contributed by atoms with E-state index < -0.39 is 0 Å². The molecule has 0 aliphatic heterocycles. The molecule has 1 aromatic heterocycles. The van der Waals surface area contributed by atoms with Gasteiger partial charge in [0, 0.05) is 21.3 Å². The van der Waals surface area contributed by atoms with Gasteiger partial charge in [0.15, 0.2) is 10.9 Å². The summed E-state index contributed by atoms with van der Waals surface area (Å²) in [5.74, 6) is 0.873. The molecule has 0 atom stereocenters. The first-order valence-electron chi connectivity index (χ1n) is 9.15. The van der Waals surface area contributed by atoms with Gasteiger partial charge < -0.3 is 10.6 Å². The number of thiocarbonyl (C=S) groups is 1. The molecule has 0 saturated heterocycles. The van der Waals surface area contributed by atoms with Crippen molar-refractivity contribution in [2.45, 2.75) is 0 Å². The predicted molar refractivity (Wildman–Crippen MR) is 134 cm³/mol. The van der Waals surface area contributed by atoms with Crippen molar-refractivity contribution < 1.29 is 0 Å². The Morgan fingerprint density at radius 3 is 2.03 bits per heavy atom. The van der Waals surface area contributed by atoms with Crippen LogP contribution in [0.15, 0.2) is 78.9 Å². The topological polar surface area (TPSA) is 54.8 Å². The first kappa shape index (κ1) is 21.4. The SMILES string of the molecule is S=C(Nc1ccccc1)Nc1nc(-c2ccc(Cl)cc2)nc(=S)n1-c1ccc(Cl)cc1. The van der Waals surface area contributed by atoms with E-state index in [-0.39, 0.29) is 0 Å². The molecular weight excluding hydrogens is 469 g/mol. The maximum Gasteiger partial charge on any atom is 0.218 e. The third-order valence-electron chi connectivity index (χ3n) is 4.26. The van der Waals surface area contributed by atoms with E-state index in [0.29, 0.717) is 31.7 Å². The van der Waals surface area contributed by atoms with Gasteiger partial charge in [-0.15, -0.1) is 0 Å². The molecule has 2 N–H and O–H groups in total. The van der Waals surface area contributed by atoms with Crippen LogP contribution in [-0.4, -0.2) is 19.6 Å². The van der Waals surface area contributed by atoms with Crippen molar-refractivity contribution in [3.05, 3.63) is 93.7 Å². The molecule has 4 aromatic rings. The van der Waals surface area contributed by atoms with E-state index in [1.807, 2.05) is 54.6 Å². The molecule has 154 valence electrons. The Morgan fingerprint density at radius 1 is 0.774 bits per heavy atom. The molecule has 3 aromatic carbocycles. The highest BCUT2D eigenvalue weighted by atomic mass is 35.5. The highest BCUT2D eigenvalue weighted by molar-refractivity contribution is 7.80. The molecule has 0 aliphatic rings. The van der Waals surface area contributed by atoms with E-state index in [9.17, 15) is 0 Å². The zero-order valence-electron chi connectivity index (χ0n) is 15.9. The summed E-state index contributed by atoms with van der Waals surface area (Å²) in [6.45, 7) is 0. The molecule has 31 heavy (non-hydrogen) atoms. The van der Waals surface area contributed by atoms with Crippen molar-refractivity contribution in [2.75, 3.05) is 10.6 Å². The van der Waals surface area contributed by atoms with Crippen molar-refractivity contribution in [1.29, 1.82) is 0 Å². The van der Waals surface area contributed by atoms with Gasteiger partial charge in [-0.1, -0.05) is 41.4 Å². The third-order valence-corrected chi connectivity index (χ3v) is 5.24. The molecule has 4 rings (SSSR count). The molecule has 5 nitrogen and oxygen atoms in total. The summed E-state index contributed by atoms with van der Waals surface area (Å²) < 4.78 is 2.01. The molecular formula is C22H15Cl2N5S2. The minimum Gasteiger partial charge on any atom is -0.332 e. The van der Waals surface area contributed by atoms with E-state index in [4.69, 9.17) is 47.6 Å². The first-order chi connectivity index (χ1) is 15.0. The van der Waals surface area contributed by atoms with Crippen molar-refractivity contribution in [1.82, 2.24) is 14.5 Å². The average Bonchev–Trinajstić information content (AvgIpc) is 2.76. The van der Waals surface area contributed by atoms with Crippen LogP contribution < -0.4 is 10.6 Å². The monoisotopic (exact) mass is 483 g/mol. The molecule has 0 fully saturated rings. The Balaban J connectivity index is 1.76. The van der Waals surface area contributed by atoms with Crippen molar-refractivity contribution in [3.8, 4) is 17.1 Å². The van der Waals surface area contributed by atoms with Crippen LogP contribution in [0.5, 0.6) is 0 Å². The van der Waals surface area contributed by atoms with E-state index in [1.54, 1.807) is 28.8 Å². The second-order valence-electron chi connectivity index (χ2n) is 6.42. The molecule has 0 spiro atoms. The number of halogens is 2. The number of anilines is 2. The molecule has 0 bridgehead atoms. The van der Waals surface area contributed by atoms with Gasteiger partial charge in [0.1, 0.15) is 0 Å². The van der Waals surface area contributed by atoms with E-state index >= 15 is 0 Å². The number of benzene rings is 3. The third kappa shape index (κ3) is 5.26. The number of nitrogens with one attached hydrogen (secondary N) is 2. The van der Waals surface area contributed by atoms with Crippen molar-refractivity contribution >= 4 is 64.4 Å². The largest absolute Gasteiger partial charge is 0.332 e. The molecule has 0 amide bonds. The number of aromatic nitrogens is 3. The van der Waals surface area contributed by atoms with Crippen LogP contribution in [-0.2, 0) is 0 Å². The first-order valence-corrected chi connectivity index (χ1v) is 10.7. The summed E-state index contributed by atoms with van der Waals surface area (Å²) >= 11 is 23.2. The zero-order valence-corrected chi connectivity index (χ0v) is 19.1. The molecule has 0 radical (unpaired) electrons. The normalized spacial score (nSPS) is 10.5. The zero-order chi connectivity index (χ0) is 21.8. The van der Waals surface area contributed by atoms with Gasteiger partial charge >= 0.3 is 0 Å². The number of nitrogens with zero attached hydrogens (tertiary/aromatic N) is 3. The molecule has 0 aliphatic carbocycles. The predicted octanol–water partition coefficient (Wildman–Crippen LogP) is 6.78. The summed E-state index contributed by atoms with van der Waals surface area (Å²) in [6.07, 6.45) is 0. The fourth-order valence-electron chi connectivity index (χ4n) is 2.83. The molecule has 0 unspecified atom stereocenters. The number of rotatable bonds is 4. The average molecular weight is 484 g/mol. The minimum atomic E-state index is 0.312. The lowest BCUT2D eigenvalue weighted by atomic mass is 10.2. The van der Waals surface area contributed by atoms with Crippen LogP contribution in [0.1, 0.15) is 0 Å². The Kier molecular flexibility index (Phi) is 6.58. The summed E-state index contributed by atoms with van der Waals surface area (Å²) in [5.41, 5.74) is 2.38. The minimum absolute atomic E-state index is 0.312. The number of hydrogen-bond acceptors (Lipinski definition) is 4. The van der Waals surface area contributed by atoms with Gasteiger partial charge in [0.2, 0.25) is 10.7 Å². The molecule has 0 saturated carbocycles. The second kappa shape index (κ2) is 9.53. The van der Waals surface area contributed by atoms with Gasteiger partial charge in [-0.25, -0.2) is 0 Å². The lowest BCUT2D eigenvalue weighted by Crippen LogP contribution is -2.23. The highest BCUT2D eigenvalue weighted by Gasteiger charge is 2.13. The maximum absolute atomic E-state index is 6.05. The summed E-state index contributed by atoms with van der Waals surface area (Å²) in [4.78, 5) is 9.20. The lowest BCUT2D eigenvalue weighted by molar-refractivity contribution is 0.915. The molecule has 9 heteroatoms. The number of hydrogen-bond donors (Lipinski definition) is 2. The maximum atomic E-state index is 6.05. The van der Waals surface area contributed by atoms with Crippen LogP contribution in [0, 0.1) is 4.77 Å². The summed E-state index contributed by atoms with van der Waals surface area (Å²) in [5, 5.41) is 7.89. The van der Waals surface area contributed by atoms with Gasteiger partial charge in [-0.2, -0.15) is 9.97 Å². The second-order valence-corrected chi connectivity index (χ2v) is 8.06. The van der Waals surface area contributed by atoms with E-state index in [1.165, 1.54) is 0 Å².